The molecular formula is C27H33FN2O4. The molecule has 5 rings (SSSR count). The summed E-state index contributed by atoms with van der Waals surface area (Å²) in [5.74, 6) is -1.04. The lowest BCUT2D eigenvalue weighted by molar-refractivity contribution is -0.151. The Balaban J connectivity index is 0.000000771. The number of fused-ring (bicyclic) bond motifs is 2. The summed E-state index contributed by atoms with van der Waals surface area (Å²) in [6.45, 7) is 10.3. The minimum Gasteiger partial charge on any atom is -0.459 e. The zero-order chi connectivity index (χ0) is 25.2. The zero-order valence-electron chi connectivity index (χ0n) is 20.8. The first kappa shape index (κ1) is 25.6. The Hall–Kier alpha value is -3.06. The van der Waals surface area contributed by atoms with Crippen molar-refractivity contribution in [1.29, 1.82) is 0 Å². The fourth-order valence-corrected chi connectivity index (χ4v) is 4.82. The lowest BCUT2D eigenvalue weighted by atomic mass is 9.85. The largest absolute Gasteiger partial charge is 0.459 e. The summed E-state index contributed by atoms with van der Waals surface area (Å²) in [4.78, 5) is 30.1. The van der Waals surface area contributed by atoms with E-state index in [-0.39, 0.29) is 23.6 Å². The van der Waals surface area contributed by atoms with Crippen molar-refractivity contribution in [2.75, 3.05) is 13.7 Å². The van der Waals surface area contributed by atoms with Gasteiger partial charge in [0.1, 0.15) is 18.7 Å². The number of hydrogen-bond acceptors (Lipinski definition) is 6. The summed E-state index contributed by atoms with van der Waals surface area (Å²) in [6, 6.07) is 1.49. The van der Waals surface area contributed by atoms with E-state index in [1.54, 1.807) is 6.08 Å². The molecule has 0 amide bonds. The van der Waals surface area contributed by atoms with Gasteiger partial charge >= 0.3 is 5.97 Å². The first-order valence-electron chi connectivity index (χ1n) is 12.0. The van der Waals surface area contributed by atoms with Crippen LogP contribution in [0, 0.1) is 12.7 Å². The van der Waals surface area contributed by atoms with Crippen molar-refractivity contribution in [2.45, 2.75) is 66.5 Å². The normalized spacial score (nSPS) is 19.8. The van der Waals surface area contributed by atoms with Gasteiger partial charge in [-0.2, -0.15) is 0 Å². The number of aryl methyl sites for hydroxylation is 2. The van der Waals surface area contributed by atoms with Crippen LogP contribution in [0.5, 0.6) is 0 Å². The van der Waals surface area contributed by atoms with Crippen LogP contribution in [0.1, 0.15) is 62.1 Å². The molecule has 7 heteroatoms. The third-order valence-electron chi connectivity index (χ3n) is 6.41. The number of aldehydes is 1. The van der Waals surface area contributed by atoms with Crippen molar-refractivity contribution >= 4 is 28.9 Å². The number of halogens is 1. The van der Waals surface area contributed by atoms with Gasteiger partial charge in [-0.1, -0.05) is 27.7 Å². The number of aliphatic hydroxyl groups excluding tert-OH is 1. The summed E-state index contributed by atoms with van der Waals surface area (Å²) in [7, 11) is 1.90. The lowest BCUT2D eigenvalue weighted by Crippen LogP contribution is -2.32. The minimum absolute atomic E-state index is 0.167. The molecule has 34 heavy (non-hydrogen) atoms. The van der Waals surface area contributed by atoms with Crippen molar-refractivity contribution in [3.63, 3.8) is 0 Å². The van der Waals surface area contributed by atoms with Gasteiger partial charge in [0.15, 0.2) is 6.10 Å². The van der Waals surface area contributed by atoms with Gasteiger partial charge in [0, 0.05) is 41.8 Å². The van der Waals surface area contributed by atoms with Crippen LogP contribution in [0.15, 0.2) is 23.3 Å². The van der Waals surface area contributed by atoms with Crippen molar-refractivity contribution in [1.82, 2.24) is 9.88 Å². The number of ether oxygens (including phenoxy) is 1. The van der Waals surface area contributed by atoms with E-state index >= 15 is 0 Å². The zero-order valence-corrected chi connectivity index (χ0v) is 20.8. The predicted octanol–water partition coefficient (Wildman–Crippen LogP) is 4.42. The number of hydrogen-bond donors (Lipinski definition) is 1. The molecule has 1 atom stereocenters. The summed E-state index contributed by atoms with van der Waals surface area (Å²) in [5, 5.41) is 11.4. The monoisotopic (exact) mass is 468 g/mol. The van der Waals surface area contributed by atoms with Crippen LogP contribution in [0.4, 0.5) is 4.39 Å². The quantitative estimate of drug-likeness (QED) is 0.519. The number of pyridine rings is 1. The number of rotatable bonds is 2. The van der Waals surface area contributed by atoms with Gasteiger partial charge in [-0.25, -0.2) is 14.2 Å². The predicted molar refractivity (Wildman–Crippen MR) is 131 cm³/mol. The Morgan fingerprint density at radius 3 is 2.53 bits per heavy atom. The molecule has 1 N–H and O–H groups in total. The first-order chi connectivity index (χ1) is 16.4. The maximum absolute atomic E-state index is 14.5. The summed E-state index contributed by atoms with van der Waals surface area (Å²) >= 11 is 0. The summed E-state index contributed by atoms with van der Waals surface area (Å²) < 4.78 is 19.4. The molecule has 0 saturated heterocycles. The van der Waals surface area contributed by atoms with Crippen LogP contribution in [-0.2, 0) is 33.7 Å². The van der Waals surface area contributed by atoms with Crippen LogP contribution in [0.25, 0.3) is 16.6 Å². The number of aromatic nitrogens is 1. The fourth-order valence-electron chi connectivity index (χ4n) is 4.82. The number of cyclic esters (lactones) is 1. The topological polar surface area (TPSA) is 79.7 Å². The van der Waals surface area contributed by atoms with Crippen LogP contribution < -0.4 is 0 Å². The minimum atomic E-state index is -1.52. The van der Waals surface area contributed by atoms with Crippen LogP contribution in [0.3, 0.4) is 0 Å². The van der Waals surface area contributed by atoms with E-state index in [0.717, 1.165) is 35.8 Å². The Bertz CT molecular complexity index is 1200. The average molecular weight is 469 g/mol. The van der Waals surface area contributed by atoms with Gasteiger partial charge in [0.25, 0.3) is 0 Å². The van der Waals surface area contributed by atoms with E-state index in [2.05, 4.69) is 0 Å². The van der Waals surface area contributed by atoms with Crippen LogP contribution >= 0.6 is 0 Å². The maximum atomic E-state index is 14.5. The van der Waals surface area contributed by atoms with E-state index in [0.29, 0.717) is 35.3 Å². The van der Waals surface area contributed by atoms with Gasteiger partial charge in [0.2, 0.25) is 0 Å². The Kier molecular flexibility index (Phi) is 7.87. The maximum Gasteiger partial charge on any atom is 0.340 e. The number of esters is 1. The molecule has 2 aromatic rings. The third kappa shape index (κ3) is 4.13. The molecule has 1 unspecified atom stereocenters. The van der Waals surface area contributed by atoms with Crippen LogP contribution in [-0.4, -0.2) is 47.0 Å². The molecule has 6 nitrogen and oxygen atoms in total. The van der Waals surface area contributed by atoms with E-state index < -0.39 is 12.1 Å². The van der Waals surface area contributed by atoms with Crippen molar-refractivity contribution < 1.29 is 23.8 Å². The Morgan fingerprint density at radius 1 is 1.18 bits per heavy atom. The molecule has 182 valence electrons. The molecule has 0 saturated carbocycles. The molecule has 3 aliphatic rings. The third-order valence-corrected chi connectivity index (χ3v) is 6.41. The first-order valence-corrected chi connectivity index (χ1v) is 12.0. The Morgan fingerprint density at radius 2 is 1.85 bits per heavy atom. The number of carbonyl (C=O) groups excluding carboxylic acids is 2. The second-order valence-corrected chi connectivity index (χ2v) is 8.12. The van der Waals surface area contributed by atoms with Crippen LogP contribution in [0.2, 0.25) is 0 Å². The van der Waals surface area contributed by atoms with Gasteiger partial charge < -0.3 is 14.7 Å². The molecule has 3 heterocycles. The van der Waals surface area contributed by atoms with Crippen molar-refractivity contribution in [3.05, 3.63) is 57.1 Å². The van der Waals surface area contributed by atoms with Gasteiger partial charge in [-0.05, 0) is 49.0 Å². The molecule has 0 bridgehead atoms. The second kappa shape index (κ2) is 10.5. The average Bonchev–Trinajstić information content (AvgIpc) is 3.18. The number of aliphatic hydroxyl groups is 1. The van der Waals surface area contributed by atoms with E-state index in [1.165, 1.54) is 11.6 Å². The standard InChI is InChI=1S/C23H21FN2O4.2C2H6/c1-11-13-4-3-5-14-16-8-26(2)19(21(16)25-18(20(13)14)7-17(11)24)6-15-12(9-27)10-30-23(29)22(15)28;2*1-2/h6-7,9,22,28H,3-5,8,10H2,1-2H3;2*1-2H3/b19-6-;;. The molecule has 0 radical (unpaired) electrons. The number of benzene rings is 1. The SMILES string of the molecule is CC.CC.Cc1c(F)cc2nc3c(c4c2c1CCC4)CN(C)/C3=C\C1=C(C=O)COC(=O)C1O. The highest BCUT2D eigenvalue weighted by atomic mass is 19.1. The molecule has 1 aromatic carbocycles. The fraction of sp³-hybridized carbons (Fsp3) is 0.444. The molecular weight excluding hydrogens is 435 g/mol. The smallest absolute Gasteiger partial charge is 0.340 e. The highest BCUT2D eigenvalue weighted by molar-refractivity contribution is 5.93. The number of nitrogens with zero attached hydrogens (tertiary/aromatic N) is 2. The summed E-state index contributed by atoms with van der Waals surface area (Å²) in [6.07, 6.45) is 3.42. The highest BCUT2D eigenvalue weighted by Crippen LogP contribution is 2.41. The van der Waals surface area contributed by atoms with E-state index in [9.17, 15) is 19.1 Å². The molecule has 1 aliphatic carbocycles. The second-order valence-electron chi connectivity index (χ2n) is 8.12. The van der Waals surface area contributed by atoms with Crippen molar-refractivity contribution in [2.24, 2.45) is 0 Å². The van der Waals surface area contributed by atoms with Gasteiger partial charge in [0.05, 0.1) is 16.9 Å². The lowest BCUT2D eigenvalue weighted by Gasteiger charge is -2.22. The molecule has 0 fully saturated rings. The molecule has 1 aromatic heterocycles. The highest BCUT2D eigenvalue weighted by Gasteiger charge is 2.33. The summed E-state index contributed by atoms with van der Waals surface area (Å²) in [5.41, 5.74) is 6.49. The molecule has 2 aliphatic heterocycles. The van der Waals surface area contributed by atoms with Crippen molar-refractivity contribution in [3.8, 4) is 0 Å². The Labute approximate surface area is 200 Å². The van der Waals surface area contributed by atoms with Gasteiger partial charge in [-0.3, -0.25) is 4.79 Å². The van der Waals surface area contributed by atoms with Gasteiger partial charge in [-0.15, -0.1) is 0 Å². The van der Waals surface area contributed by atoms with E-state index in [4.69, 9.17) is 9.72 Å². The molecule has 0 spiro atoms. The van der Waals surface area contributed by atoms with E-state index in [1.807, 2.05) is 46.6 Å². The number of carbonyl (C=O) groups is 2.